The van der Waals surface area contributed by atoms with Crippen LogP contribution in [-0.2, 0) is 16.1 Å². The standard InChI is InChI=1S/C20H21N3O3S/c1-26-20(25)14-7-9-23(10-8-14)12-17-21-18(24)15-11-16(27-19(15)22-17)13-5-3-2-4-6-13/h2-6,11,14H,7-10,12H2,1H3,(H,21,22,24)/p+1. The van der Waals surface area contributed by atoms with Crippen LogP contribution in [-0.4, -0.2) is 36.1 Å². The molecule has 0 atom stereocenters. The van der Waals surface area contributed by atoms with Crippen molar-refractivity contribution in [1.82, 2.24) is 9.97 Å². The summed E-state index contributed by atoms with van der Waals surface area (Å²) in [6.07, 6.45) is 1.62. The summed E-state index contributed by atoms with van der Waals surface area (Å²) in [5.74, 6) is 0.591. The second-order valence-electron chi connectivity index (χ2n) is 6.93. The second-order valence-corrected chi connectivity index (χ2v) is 7.96. The molecule has 27 heavy (non-hydrogen) atoms. The number of piperidine rings is 1. The molecule has 1 aromatic carbocycles. The van der Waals surface area contributed by atoms with Gasteiger partial charge in [0.25, 0.3) is 5.56 Å². The number of hydrogen-bond donors (Lipinski definition) is 2. The Morgan fingerprint density at radius 2 is 2.04 bits per heavy atom. The lowest BCUT2D eigenvalue weighted by Gasteiger charge is -2.27. The maximum Gasteiger partial charge on any atom is 0.309 e. The quantitative estimate of drug-likeness (QED) is 0.670. The summed E-state index contributed by atoms with van der Waals surface area (Å²) < 4.78 is 4.84. The number of methoxy groups -OCH3 is 1. The highest BCUT2D eigenvalue weighted by Gasteiger charge is 2.28. The van der Waals surface area contributed by atoms with E-state index in [2.05, 4.69) is 4.98 Å². The topological polar surface area (TPSA) is 76.5 Å². The van der Waals surface area contributed by atoms with Gasteiger partial charge >= 0.3 is 5.97 Å². The highest BCUT2D eigenvalue weighted by Crippen LogP contribution is 2.30. The SMILES string of the molecule is COC(=O)C1CC[NH+](Cc2nc3sc(-c4ccccc4)cc3c(=O)[nH]2)CC1. The fraction of sp³-hybridized carbons (Fsp3) is 0.350. The lowest BCUT2D eigenvalue weighted by Crippen LogP contribution is -3.12. The molecule has 4 rings (SSSR count). The summed E-state index contributed by atoms with van der Waals surface area (Å²) in [5.41, 5.74) is 1.01. The Morgan fingerprint density at radius 3 is 2.74 bits per heavy atom. The Bertz CT molecular complexity index is 1000. The van der Waals surface area contributed by atoms with E-state index in [9.17, 15) is 9.59 Å². The smallest absolute Gasteiger partial charge is 0.309 e. The third kappa shape index (κ3) is 3.79. The third-order valence-corrected chi connectivity index (χ3v) is 6.23. The van der Waals surface area contributed by atoms with Crippen molar-refractivity contribution < 1.29 is 14.4 Å². The van der Waals surface area contributed by atoms with E-state index in [0.717, 1.165) is 41.2 Å². The number of esters is 1. The number of benzene rings is 1. The van der Waals surface area contributed by atoms with Crippen LogP contribution in [0, 0.1) is 5.92 Å². The number of hydrogen-bond acceptors (Lipinski definition) is 5. The Morgan fingerprint density at radius 1 is 1.30 bits per heavy atom. The fourth-order valence-corrected chi connectivity index (χ4v) is 4.70. The number of carbonyl (C=O) groups excluding carboxylic acids is 1. The molecular weight excluding hydrogens is 362 g/mol. The minimum Gasteiger partial charge on any atom is -0.469 e. The van der Waals surface area contributed by atoms with Gasteiger partial charge in [-0.25, -0.2) is 4.98 Å². The number of likely N-dealkylation sites (tertiary alicyclic amines) is 1. The van der Waals surface area contributed by atoms with E-state index in [4.69, 9.17) is 9.72 Å². The van der Waals surface area contributed by atoms with Crippen molar-refractivity contribution in [3.63, 3.8) is 0 Å². The molecular formula is C20H22N3O3S+. The lowest BCUT2D eigenvalue weighted by atomic mass is 9.97. The van der Waals surface area contributed by atoms with Gasteiger partial charge in [0.15, 0.2) is 5.82 Å². The van der Waals surface area contributed by atoms with Crippen LogP contribution in [0.2, 0.25) is 0 Å². The molecule has 6 nitrogen and oxygen atoms in total. The van der Waals surface area contributed by atoms with E-state index < -0.39 is 0 Å². The number of carbonyl (C=O) groups is 1. The van der Waals surface area contributed by atoms with Crippen molar-refractivity contribution in [2.24, 2.45) is 5.92 Å². The molecule has 0 unspecified atom stereocenters. The molecule has 1 aliphatic heterocycles. The number of aromatic amines is 1. The van der Waals surface area contributed by atoms with Crippen molar-refractivity contribution in [3.8, 4) is 10.4 Å². The molecule has 0 amide bonds. The average Bonchev–Trinajstić information content (AvgIpc) is 3.13. The Kier molecular flexibility index (Phi) is 5.05. The predicted molar refractivity (Wildman–Crippen MR) is 105 cm³/mol. The zero-order valence-electron chi connectivity index (χ0n) is 15.2. The summed E-state index contributed by atoms with van der Waals surface area (Å²) in [7, 11) is 1.44. The van der Waals surface area contributed by atoms with Crippen LogP contribution in [0.4, 0.5) is 0 Å². The summed E-state index contributed by atoms with van der Waals surface area (Å²) in [5, 5.41) is 0.641. The van der Waals surface area contributed by atoms with Crippen LogP contribution in [0.3, 0.4) is 0 Å². The van der Waals surface area contributed by atoms with Crippen LogP contribution in [0.15, 0.2) is 41.2 Å². The number of aromatic nitrogens is 2. The molecule has 3 heterocycles. The normalized spacial score (nSPS) is 19.9. The Hall–Kier alpha value is -2.51. The number of ether oxygens (including phenoxy) is 1. The molecule has 140 valence electrons. The van der Waals surface area contributed by atoms with Gasteiger partial charge in [-0.05, 0) is 11.6 Å². The molecule has 0 saturated carbocycles. The summed E-state index contributed by atoms with van der Waals surface area (Å²) in [6, 6.07) is 11.9. The first-order chi connectivity index (χ1) is 13.1. The van der Waals surface area contributed by atoms with Gasteiger partial charge in [0.05, 0.1) is 31.5 Å². The number of H-pyrrole nitrogens is 1. The Balaban J connectivity index is 1.52. The molecule has 2 aromatic heterocycles. The molecule has 3 aromatic rings. The van der Waals surface area contributed by atoms with Gasteiger partial charge in [-0.2, -0.15) is 0 Å². The van der Waals surface area contributed by atoms with Crippen molar-refractivity contribution >= 4 is 27.5 Å². The summed E-state index contributed by atoms with van der Waals surface area (Å²) in [4.78, 5) is 34.9. The maximum absolute atomic E-state index is 12.5. The first-order valence-corrected chi connectivity index (χ1v) is 9.95. The number of rotatable bonds is 4. The van der Waals surface area contributed by atoms with Crippen LogP contribution >= 0.6 is 11.3 Å². The van der Waals surface area contributed by atoms with Gasteiger partial charge in [-0.15, -0.1) is 11.3 Å². The zero-order chi connectivity index (χ0) is 18.8. The maximum atomic E-state index is 12.5. The van der Waals surface area contributed by atoms with Gasteiger partial charge in [0, 0.05) is 17.7 Å². The number of thiophene rings is 1. The molecule has 7 heteroatoms. The van der Waals surface area contributed by atoms with Crippen LogP contribution in [0.5, 0.6) is 0 Å². The molecule has 0 aliphatic carbocycles. The molecule has 1 fully saturated rings. The second kappa shape index (κ2) is 7.62. The van der Waals surface area contributed by atoms with E-state index in [1.807, 2.05) is 36.4 Å². The number of nitrogens with zero attached hydrogens (tertiary/aromatic N) is 1. The Labute approximate surface area is 160 Å². The highest BCUT2D eigenvalue weighted by atomic mass is 32.1. The summed E-state index contributed by atoms with van der Waals surface area (Å²) >= 11 is 1.55. The molecule has 1 aliphatic rings. The van der Waals surface area contributed by atoms with Crippen LogP contribution < -0.4 is 10.5 Å². The zero-order valence-corrected chi connectivity index (χ0v) is 16.0. The van der Waals surface area contributed by atoms with Gasteiger partial charge in [0.1, 0.15) is 11.4 Å². The molecule has 0 spiro atoms. The molecule has 0 bridgehead atoms. The minimum absolute atomic E-state index is 0.000958. The fourth-order valence-electron chi connectivity index (χ4n) is 3.65. The van der Waals surface area contributed by atoms with Crippen molar-refractivity contribution in [3.05, 3.63) is 52.6 Å². The van der Waals surface area contributed by atoms with Crippen LogP contribution in [0.25, 0.3) is 20.7 Å². The van der Waals surface area contributed by atoms with E-state index >= 15 is 0 Å². The van der Waals surface area contributed by atoms with Crippen molar-refractivity contribution in [2.45, 2.75) is 19.4 Å². The first-order valence-electron chi connectivity index (χ1n) is 9.13. The minimum atomic E-state index is -0.117. The van der Waals surface area contributed by atoms with Crippen LogP contribution in [0.1, 0.15) is 18.7 Å². The highest BCUT2D eigenvalue weighted by molar-refractivity contribution is 7.21. The van der Waals surface area contributed by atoms with Gasteiger partial charge in [-0.1, -0.05) is 30.3 Å². The summed E-state index contributed by atoms with van der Waals surface area (Å²) in [6.45, 7) is 2.42. The number of quaternary nitrogens is 1. The monoisotopic (exact) mass is 384 g/mol. The van der Waals surface area contributed by atoms with Gasteiger partial charge < -0.3 is 14.6 Å². The predicted octanol–water partition coefficient (Wildman–Crippen LogP) is 1.62. The molecule has 1 saturated heterocycles. The number of nitrogens with one attached hydrogen (secondary N) is 2. The lowest BCUT2D eigenvalue weighted by molar-refractivity contribution is -0.920. The molecule has 0 radical (unpaired) electrons. The van der Waals surface area contributed by atoms with Gasteiger partial charge in [0.2, 0.25) is 0 Å². The van der Waals surface area contributed by atoms with Gasteiger partial charge in [-0.3, -0.25) is 9.59 Å². The number of fused-ring (bicyclic) bond motifs is 1. The van der Waals surface area contributed by atoms with E-state index in [1.54, 1.807) is 11.3 Å². The van der Waals surface area contributed by atoms with Crippen molar-refractivity contribution in [1.29, 1.82) is 0 Å². The first kappa shape index (κ1) is 17.9. The average molecular weight is 384 g/mol. The van der Waals surface area contributed by atoms with E-state index in [1.165, 1.54) is 12.0 Å². The van der Waals surface area contributed by atoms with E-state index in [0.29, 0.717) is 17.8 Å². The third-order valence-electron chi connectivity index (χ3n) is 5.15. The van der Waals surface area contributed by atoms with E-state index in [-0.39, 0.29) is 17.4 Å². The van der Waals surface area contributed by atoms with Crippen molar-refractivity contribution in [2.75, 3.05) is 20.2 Å². The largest absolute Gasteiger partial charge is 0.469 e. The molecule has 2 N–H and O–H groups in total.